The Morgan fingerprint density at radius 2 is 1.89 bits per heavy atom. The molecule has 98 valence electrons. The Bertz CT molecular complexity index is 414. The number of azide groups is 1. The van der Waals surface area contributed by atoms with Crippen LogP contribution < -0.4 is 0 Å². The molecule has 0 aromatic heterocycles. The average Bonchev–Trinajstić information content (AvgIpc) is 2.33. The summed E-state index contributed by atoms with van der Waals surface area (Å²) >= 11 is 0. The Morgan fingerprint density at radius 1 is 1.28 bits per heavy atom. The first kappa shape index (κ1) is 14.6. The van der Waals surface area contributed by atoms with Gasteiger partial charge in [0.15, 0.2) is 0 Å². The van der Waals surface area contributed by atoms with E-state index in [0.717, 1.165) is 5.56 Å². The summed E-state index contributed by atoms with van der Waals surface area (Å²) < 4.78 is 0. The van der Waals surface area contributed by atoms with Gasteiger partial charge in [-0.3, -0.25) is 0 Å². The van der Waals surface area contributed by atoms with Gasteiger partial charge in [-0.2, -0.15) is 0 Å². The molecule has 0 fully saturated rings. The van der Waals surface area contributed by atoms with Crippen molar-refractivity contribution in [2.24, 2.45) is 5.11 Å². The van der Waals surface area contributed by atoms with Gasteiger partial charge >= 0.3 is 0 Å². The molecular weight excluding hydrogens is 226 g/mol. The van der Waals surface area contributed by atoms with Crippen molar-refractivity contribution in [3.63, 3.8) is 0 Å². The summed E-state index contributed by atoms with van der Waals surface area (Å²) in [5.74, 6) is 0. The van der Waals surface area contributed by atoms with E-state index in [2.05, 4.69) is 42.9 Å². The molecule has 0 saturated heterocycles. The molecule has 1 aromatic rings. The van der Waals surface area contributed by atoms with Crippen LogP contribution in [-0.4, -0.2) is 11.7 Å². The summed E-state index contributed by atoms with van der Waals surface area (Å²) in [6.07, 6.45) is 1.32. The molecule has 1 aromatic carbocycles. The highest BCUT2D eigenvalue weighted by atomic mass is 16.2. The lowest BCUT2D eigenvalue weighted by molar-refractivity contribution is 0.280. The number of aliphatic hydroxyl groups is 1. The van der Waals surface area contributed by atoms with Crippen LogP contribution in [0.2, 0.25) is 0 Å². The number of rotatable bonds is 5. The summed E-state index contributed by atoms with van der Waals surface area (Å²) in [5.41, 5.74) is 11.0. The Balaban J connectivity index is 2.90. The third-order valence-electron chi connectivity index (χ3n) is 2.99. The third kappa shape index (κ3) is 4.06. The molecule has 1 N–H and O–H groups in total. The lowest BCUT2D eigenvalue weighted by Crippen LogP contribution is -2.11. The van der Waals surface area contributed by atoms with Crippen LogP contribution in [0, 0.1) is 0 Å². The van der Waals surface area contributed by atoms with E-state index in [-0.39, 0.29) is 18.1 Å². The fraction of sp³-hybridized carbons (Fsp3) is 0.571. The van der Waals surface area contributed by atoms with Crippen LogP contribution in [0.25, 0.3) is 10.4 Å². The van der Waals surface area contributed by atoms with Gasteiger partial charge in [0, 0.05) is 11.5 Å². The topological polar surface area (TPSA) is 69.0 Å². The van der Waals surface area contributed by atoms with Gasteiger partial charge < -0.3 is 5.11 Å². The highest BCUT2D eigenvalue weighted by Gasteiger charge is 2.14. The van der Waals surface area contributed by atoms with Crippen LogP contribution in [0.4, 0.5) is 0 Å². The second-order valence-electron chi connectivity index (χ2n) is 5.46. The molecule has 0 aliphatic rings. The first-order valence-electron chi connectivity index (χ1n) is 6.24. The van der Waals surface area contributed by atoms with E-state index < -0.39 is 0 Å². The van der Waals surface area contributed by atoms with Gasteiger partial charge in [0.2, 0.25) is 0 Å². The molecule has 0 saturated carbocycles. The molecular formula is C14H21N3O. The molecule has 4 nitrogen and oxygen atoms in total. The second kappa shape index (κ2) is 6.43. The SMILES string of the molecule is CC(C)(C)c1ccc(C(CCCO)N=[N+]=[N-])cc1. The summed E-state index contributed by atoms with van der Waals surface area (Å²) in [4.78, 5) is 2.88. The third-order valence-corrected chi connectivity index (χ3v) is 2.99. The summed E-state index contributed by atoms with van der Waals surface area (Å²) in [6, 6.07) is 7.99. The van der Waals surface area contributed by atoms with E-state index in [4.69, 9.17) is 10.6 Å². The molecule has 1 atom stereocenters. The molecule has 1 rings (SSSR count). The lowest BCUT2D eigenvalue weighted by Gasteiger charge is -2.20. The Morgan fingerprint density at radius 3 is 2.33 bits per heavy atom. The zero-order valence-corrected chi connectivity index (χ0v) is 11.3. The van der Waals surface area contributed by atoms with E-state index in [9.17, 15) is 0 Å². The molecule has 0 radical (unpaired) electrons. The Labute approximate surface area is 108 Å². The molecule has 4 heteroatoms. The molecule has 0 heterocycles. The predicted octanol–water partition coefficient (Wildman–Crippen LogP) is 4.11. The normalized spacial score (nSPS) is 12.9. The maximum Gasteiger partial charge on any atom is 0.0626 e. The minimum atomic E-state index is -0.184. The second-order valence-corrected chi connectivity index (χ2v) is 5.46. The van der Waals surface area contributed by atoms with Crippen LogP contribution in [0.15, 0.2) is 29.4 Å². The van der Waals surface area contributed by atoms with E-state index in [0.29, 0.717) is 12.8 Å². The maximum atomic E-state index is 8.85. The Kier molecular flexibility index (Phi) is 5.20. The van der Waals surface area contributed by atoms with Crippen molar-refractivity contribution in [1.29, 1.82) is 0 Å². The minimum Gasteiger partial charge on any atom is -0.396 e. The molecule has 0 amide bonds. The molecule has 0 spiro atoms. The number of nitrogens with zero attached hydrogens (tertiary/aromatic N) is 3. The van der Waals surface area contributed by atoms with Crippen LogP contribution in [0.3, 0.4) is 0 Å². The van der Waals surface area contributed by atoms with Crippen molar-refractivity contribution in [3.8, 4) is 0 Å². The average molecular weight is 247 g/mol. The highest BCUT2D eigenvalue weighted by molar-refractivity contribution is 5.29. The van der Waals surface area contributed by atoms with E-state index in [1.54, 1.807) is 0 Å². The van der Waals surface area contributed by atoms with Crippen molar-refractivity contribution in [1.82, 2.24) is 0 Å². The number of aliphatic hydroxyl groups excluding tert-OH is 1. The molecule has 0 aliphatic heterocycles. The van der Waals surface area contributed by atoms with Gasteiger partial charge in [-0.25, -0.2) is 0 Å². The first-order chi connectivity index (χ1) is 8.49. The van der Waals surface area contributed by atoms with Gasteiger partial charge in [-0.15, -0.1) is 0 Å². The van der Waals surface area contributed by atoms with Crippen molar-refractivity contribution in [3.05, 3.63) is 45.8 Å². The molecule has 0 bridgehead atoms. The van der Waals surface area contributed by atoms with Gasteiger partial charge in [0.05, 0.1) is 6.04 Å². The lowest BCUT2D eigenvalue weighted by atomic mass is 9.86. The zero-order chi connectivity index (χ0) is 13.6. The van der Waals surface area contributed by atoms with Crippen molar-refractivity contribution in [2.75, 3.05) is 6.61 Å². The quantitative estimate of drug-likeness (QED) is 0.475. The van der Waals surface area contributed by atoms with E-state index >= 15 is 0 Å². The standard InChI is InChI=1S/C14H21N3O/c1-14(2,3)12-8-6-11(7-9-12)13(16-17-15)5-4-10-18/h6-9,13,18H,4-5,10H2,1-3H3. The predicted molar refractivity (Wildman–Crippen MR) is 73.3 cm³/mol. The van der Waals surface area contributed by atoms with Crippen LogP contribution in [0.5, 0.6) is 0 Å². The van der Waals surface area contributed by atoms with Crippen molar-refractivity contribution >= 4 is 0 Å². The van der Waals surface area contributed by atoms with Gasteiger partial charge in [-0.1, -0.05) is 50.2 Å². The minimum absolute atomic E-state index is 0.123. The maximum absolute atomic E-state index is 8.85. The zero-order valence-electron chi connectivity index (χ0n) is 11.3. The van der Waals surface area contributed by atoms with Crippen LogP contribution in [0.1, 0.15) is 50.8 Å². The van der Waals surface area contributed by atoms with Crippen molar-refractivity contribution in [2.45, 2.75) is 45.1 Å². The summed E-state index contributed by atoms with van der Waals surface area (Å²) in [6.45, 7) is 6.62. The monoisotopic (exact) mass is 247 g/mol. The molecule has 18 heavy (non-hydrogen) atoms. The molecule has 1 unspecified atom stereocenters. The van der Waals surface area contributed by atoms with Crippen LogP contribution in [-0.2, 0) is 5.41 Å². The summed E-state index contributed by atoms with van der Waals surface area (Å²) in [5, 5.41) is 12.6. The van der Waals surface area contributed by atoms with Gasteiger partial charge in [-0.05, 0) is 34.9 Å². The fourth-order valence-corrected chi connectivity index (χ4v) is 1.84. The van der Waals surface area contributed by atoms with Gasteiger partial charge in [0.25, 0.3) is 0 Å². The van der Waals surface area contributed by atoms with Crippen molar-refractivity contribution < 1.29 is 5.11 Å². The summed E-state index contributed by atoms with van der Waals surface area (Å²) in [7, 11) is 0. The number of benzene rings is 1. The number of hydrogen-bond donors (Lipinski definition) is 1. The highest BCUT2D eigenvalue weighted by Crippen LogP contribution is 2.27. The van der Waals surface area contributed by atoms with E-state index in [1.165, 1.54) is 5.56 Å². The first-order valence-corrected chi connectivity index (χ1v) is 6.24. The van der Waals surface area contributed by atoms with E-state index in [1.807, 2.05) is 12.1 Å². The smallest absolute Gasteiger partial charge is 0.0626 e. The number of hydrogen-bond acceptors (Lipinski definition) is 2. The largest absolute Gasteiger partial charge is 0.396 e. The van der Waals surface area contributed by atoms with Crippen LogP contribution >= 0.6 is 0 Å². The van der Waals surface area contributed by atoms with Gasteiger partial charge in [0.1, 0.15) is 0 Å². The molecule has 0 aliphatic carbocycles. The Hall–Kier alpha value is -1.51. The fourth-order valence-electron chi connectivity index (χ4n) is 1.84.